The van der Waals surface area contributed by atoms with Crippen LogP contribution in [0.3, 0.4) is 0 Å². The second-order valence-corrected chi connectivity index (χ2v) is 8.11. The van der Waals surface area contributed by atoms with Gasteiger partial charge in [0, 0.05) is 42.3 Å². The second-order valence-electron chi connectivity index (χ2n) is 8.11. The van der Waals surface area contributed by atoms with Gasteiger partial charge in [0.25, 0.3) is 5.91 Å². The summed E-state index contributed by atoms with van der Waals surface area (Å²) in [5.74, 6) is -1.72. The van der Waals surface area contributed by atoms with Crippen molar-refractivity contribution in [1.82, 2.24) is 9.47 Å². The summed E-state index contributed by atoms with van der Waals surface area (Å²) in [4.78, 5) is 28.5. The van der Waals surface area contributed by atoms with Gasteiger partial charge in [-0.05, 0) is 29.8 Å². The van der Waals surface area contributed by atoms with Crippen molar-refractivity contribution in [3.63, 3.8) is 0 Å². The highest BCUT2D eigenvalue weighted by Gasteiger charge is 2.43. The van der Waals surface area contributed by atoms with Crippen LogP contribution in [0.15, 0.2) is 79.0 Å². The standard InChI is InChI=1S/C26H22FN3O2/c1-29-15-19(16-9-5-8-14-22(16)29)24-23(25(31)28-21-13-7-6-12-20(21)27)17-10-3-4-11-18(17)26(32)30(24)2/h3-15,23-24H,1-2H3,(H,28,31). The Morgan fingerprint density at radius 2 is 1.59 bits per heavy atom. The van der Waals surface area contributed by atoms with Crippen LogP contribution in [-0.4, -0.2) is 28.3 Å². The molecule has 2 heterocycles. The first kappa shape index (κ1) is 20.0. The minimum Gasteiger partial charge on any atom is -0.350 e. The second kappa shape index (κ2) is 7.64. The molecule has 1 N–H and O–H groups in total. The lowest BCUT2D eigenvalue weighted by Gasteiger charge is -2.39. The summed E-state index contributed by atoms with van der Waals surface area (Å²) < 4.78 is 16.3. The number of carbonyl (C=O) groups is 2. The molecule has 1 aliphatic rings. The van der Waals surface area contributed by atoms with Gasteiger partial charge in [-0.2, -0.15) is 0 Å². The molecule has 0 bridgehead atoms. The molecule has 1 aliphatic heterocycles. The maximum atomic E-state index is 14.3. The summed E-state index contributed by atoms with van der Waals surface area (Å²) in [7, 11) is 3.66. The van der Waals surface area contributed by atoms with Gasteiger partial charge in [-0.1, -0.05) is 48.5 Å². The number of para-hydroxylation sites is 2. The van der Waals surface area contributed by atoms with E-state index in [1.807, 2.05) is 54.2 Å². The number of likely N-dealkylation sites (N-methyl/N-ethyl adjacent to an activating group) is 1. The molecule has 0 saturated carbocycles. The van der Waals surface area contributed by atoms with Crippen LogP contribution in [0.2, 0.25) is 0 Å². The van der Waals surface area contributed by atoms with Gasteiger partial charge in [0.05, 0.1) is 17.6 Å². The lowest BCUT2D eigenvalue weighted by Crippen LogP contribution is -2.44. The topological polar surface area (TPSA) is 54.3 Å². The zero-order chi connectivity index (χ0) is 22.4. The van der Waals surface area contributed by atoms with Crippen LogP contribution >= 0.6 is 0 Å². The van der Waals surface area contributed by atoms with Crippen LogP contribution in [0.5, 0.6) is 0 Å². The number of halogens is 1. The van der Waals surface area contributed by atoms with Gasteiger partial charge in [-0.25, -0.2) is 4.39 Å². The zero-order valence-corrected chi connectivity index (χ0v) is 17.7. The maximum Gasteiger partial charge on any atom is 0.254 e. The largest absolute Gasteiger partial charge is 0.350 e. The minimum atomic E-state index is -0.709. The Hall–Kier alpha value is -3.93. The van der Waals surface area contributed by atoms with E-state index < -0.39 is 17.8 Å². The zero-order valence-electron chi connectivity index (χ0n) is 17.7. The first-order chi connectivity index (χ1) is 15.5. The van der Waals surface area contributed by atoms with Gasteiger partial charge < -0.3 is 14.8 Å². The molecule has 2 amide bonds. The van der Waals surface area contributed by atoms with Crippen molar-refractivity contribution in [2.75, 3.05) is 12.4 Å². The normalized spacial score (nSPS) is 18.0. The number of aryl methyl sites for hydroxylation is 1. The Labute approximate surface area is 185 Å². The molecule has 6 heteroatoms. The van der Waals surface area contributed by atoms with Crippen molar-refractivity contribution in [3.8, 4) is 0 Å². The van der Waals surface area contributed by atoms with Crippen molar-refractivity contribution < 1.29 is 14.0 Å². The van der Waals surface area contributed by atoms with Gasteiger partial charge in [0.1, 0.15) is 5.82 Å². The Morgan fingerprint density at radius 1 is 0.906 bits per heavy atom. The molecule has 2 unspecified atom stereocenters. The number of hydrogen-bond acceptors (Lipinski definition) is 2. The number of rotatable bonds is 3. The smallest absolute Gasteiger partial charge is 0.254 e. The number of carbonyl (C=O) groups excluding carboxylic acids is 2. The average Bonchev–Trinajstić information content (AvgIpc) is 3.14. The summed E-state index contributed by atoms with van der Waals surface area (Å²) in [6, 6.07) is 20.6. The molecule has 3 aromatic carbocycles. The third-order valence-corrected chi connectivity index (χ3v) is 6.24. The van der Waals surface area contributed by atoms with E-state index in [4.69, 9.17) is 0 Å². The van der Waals surface area contributed by atoms with Gasteiger partial charge in [0.15, 0.2) is 0 Å². The summed E-state index contributed by atoms with van der Waals surface area (Å²) >= 11 is 0. The lowest BCUT2D eigenvalue weighted by molar-refractivity contribution is -0.119. The molecule has 4 aromatic rings. The van der Waals surface area contributed by atoms with Gasteiger partial charge in [-0.3, -0.25) is 9.59 Å². The van der Waals surface area contributed by atoms with E-state index in [0.29, 0.717) is 11.1 Å². The SMILES string of the molecule is CN1C(=O)c2ccccc2C(C(=O)Nc2ccccc2F)C1c1cn(C)c2ccccc12. The third-order valence-electron chi connectivity index (χ3n) is 6.24. The highest BCUT2D eigenvalue weighted by atomic mass is 19.1. The quantitative estimate of drug-likeness (QED) is 0.507. The van der Waals surface area contributed by atoms with Crippen LogP contribution in [0, 0.1) is 5.82 Å². The first-order valence-electron chi connectivity index (χ1n) is 10.4. The monoisotopic (exact) mass is 427 g/mol. The van der Waals surface area contributed by atoms with E-state index in [0.717, 1.165) is 16.5 Å². The molecule has 0 spiro atoms. The van der Waals surface area contributed by atoms with Crippen LogP contribution in [0.25, 0.3) is 10.9 Å². The molecule has 5 rings (SSSR count). The van der Waals surface area contributed by atoms with E-state index in [9.17, 15) is 14.0 Å². The third kappa shape index (κ3) is 3.07. The molecular weight excluding hydrogens is 405 g/mol. The summed E-state index contributed by atoms with van der Waals surface area (Å²) in [5.41, 5.74) is 3.13. The number of nitrogens with one attached hydrogen (secondary N) is 1. The van der Waals surface area contributed by atoms with E-state index in [-0.39, 0.29) is 17.5 Å². The van der Waals surface area contributed by atoms with Crippen LogP contribution in [0.4, 0.5) is 10.1 Å². The fourth-order valence-corrected chi connectivity index (χ4v) is 4.73. The summed E-state index contributed by atoms with van der Waals surface area (Å²) in [5, 5.41) is 3.73. The highest BCUT2D eigenvalue weighted by Crippen LogP contribution is 2.44. The van der Waals surface area contributed by atoms with E-state index in [1.165, 1.54) is 12.1 Å². The van der Waals surface area contributed by atoms with Gasteiger partial charge >= 0.3 is 0 Å². The molecule has 32 heavy (non-hydrogen) atoms. The van der Waals surface area contributed by atoms with Crippen LogP contribution in [0.1, 0.15) is 33.4 Å². The number of nitrogens with zero attached hydrogens (tertiary/aromatic N) is 2. The number of aromatic nitrogens is 1. The molecule has 0 radical (unpaired) electrons. The number of amides is 2. The van der Waals surface area contributed by atoms with Crippen molar-refractivity contribution in [2.24, 2.45) is 7.05 Å². The fraction of sp³-hybridized carbons (Fsp3) is 0.154. The van der Waals surface area contributed by atoms with E-state index in [1.54, 1.807) is 36.2 Å². The molecule has 0 fully saturated rings. The van der Waals surface area contributed by atoms with Crippen molar-refractivity contribution in [3.05, 3.63) is 102 Å². The molecule has 160 valence electrons. The maximum absolute atomic E-state index is 14.3. The van der Waals surface area contributed by atoms with Gasteiger partial charge in [-0.15, -0.1) is 0 Å². The van der Waals surface area contributed by atoms with Crippen LogP contribution in [-0.2, 0) is 11.8 Å². The number of fused-ring (bicyclic) bond motifs is 2. The Kier molecular flexibility index (Phi) is 4.78. The molecular formula is C26H22FN3O2. The predicted octanol–water partition coefficient (Wildman–Crippen LogP) is 4.87. The Balaban J connectivity index is 1.69. The van der Waals surface area contributed by atoms with E-state index in [2.05, 4.69) is 5.32 Å². The minimum absolute atomic E-state index is 0.117. The Bertz CT molecular complexity index is 1360. The summed E-state index contributed by atoms with van der Waals surface area (Å²) in [6.45, 7) is 0. The molecule has 5 nitrogen and oxygen atoms in total. The first-order valence-corrected chi connectivity index (χ1v) is 10.4. The lowest BCUT2D eigenvalue weighted by atomic mass is 9.79. The number of anilines is 1. The molecule has 1 aromatic heterocycles. The van der Waals surface area contributed by atoms with Gasteiger partial charge in [0.2, 0.25) is 5.91 Å². The molecule has 0 saturated heterocycles. The number of hydrogen-bond donors (Lipinski definition) is 1. The average molecular weight is 427 g/mol. The fourth-order valence-electron chi connectivity index (χ4n) is 4.73. The number of benzene rings is 3. The molecule has 0 aliphatic carbocycles. The predicted molar refractivity (Wildman–Crippen MR) is 122 cm³/mol. The highest BCUT2D eigenvalue weighted by molar-refractivity contribution is 6.05. The van der Waals surface area contributed by atoms with Crippen molar-refractivity contribution >= 4 is 28.4 Å². The van der Waals surface area contributed by atoms with E-state index >= 15 is 0 Å². The van der Waals surface area contributed by atoms with Crippen LogP contribution < -0.4 is 5.32 Å². The van der Waals surface area contributed by atoms with Crippen molar-refractivity contribution in [2.45, 2.75) is 12.0 Å². The Morgan fingerprint density at radius 3 is 2.41 bits per heavy atom. The van der Waals surface area contributed by atoms with Crippen molar-refractivity contribution in [1.29, 1.82) is 0 Å². The molecule has 2 atom stereocenters. The summed E-state index contributed by atoms with van der Waals surface area (Å²) in [6.07, 6.45) is 1.97.